The molecule has 0 saturated carbocycles. The van der Waals surface area contributed by atoms with Crippen molar-refractivity contribution in [2.75, 3.05) is 5.88 Å². The predicted molar refractivity (Wildman–Crippen MR) is 74.5 cm³/mol. The molecule has 0 atom stereocenters. The summed E-state index contributed by atoms with van der Waals surface area (Å²) in [5.74, 6) is 0.162. The maximum Gasteiger partial charge on any atom is 0.354 e. The number of carboxylic acids is 1. The lowest BCUT2D eigenvalue weighted by Crippen LogP contribution is -2.04. The second-order valence-electron chi connectivity index (χ2n) is 4.43. The highest BCUT2D eigenvalue weighted by molar-refractivity contribution is 6.17. The number of hydrogen-bond donors (Lipinski definition) is 1. The van der Waals surface area contributed by atoms with Gasteiger partial charge in [-0.25, -0.2) is 4.79 Å². The minimum absolute atomic E-state index is 0.235. The summed E-state index contributed by atoms with van der Waals surface area (Å²) < 4.78 is 1.39. The van der Waals surface area contributed by atoms with E-state index in [-0.39, 0.29) is 11.6 Å². The van der Waals surface area contributed by atoms with Crippen LogP contribution in [0, 0.1) is 0 Å². The molecule has 18 heavy (non-hydrogen) atoms. The van der Waals surface area contributed by atoms with Gasteiger partial charge in [0.1, 0.15) is 5.69 Å². The number of aromatic nitrogens is 2. The van der Waals surface area contributed by atoms with Crippen molar-refractivity contribution in [1.82, 2.24) is 9.78 Å². The maximum absolute atomic E-state index is 10.6. The molecule has 0 aliphatic carbocycles. The predicted octanol–water partition coefficient (Wildman–Crippen LogP) is 3.66. The average Bonchev–Trinajstić information content (AvgIpc) is 2.70. The minimum Gasteiger partial charge on any atom is -0.477 e. The van der Waals surface area contributed by atoms with Crippen LogP contribution < -0.4 is 0 Å². The Morgan fingerprint density at radius 2 is 2.11 bits per heavy atom. The molecule has 0 aliphatic rings. The molecule has 104 valence electrons. The quantitative estimate of drug-likeness (QED) is 0.658. The van der Waals surface area contributed by atoms with Gasteiger partial charge >= 0.3 is 5.97 Å². The molecule has 5 heteroatoms. The van der Waals surface area contributed by atoms with E-state index in [0.717, 1.165) is 11.6 Å². The fraction of sp³-hybridized carbons (Fsp3) is 0.692. The van der Waals surface area contributed by atoms with E-state index in [1.165, 1.54) is 23.9 Å². The Morgan fingerprint density at radius 3 is 2.33 bits per heavy atom. The van der Waals surface area contributed by atoms with Gasteiger partial charge in [0.2, 0.25) is 0 Å². The van der Waals surface area contributed by atoms with E-state index in [1.807, 2.05) is 13.8 Å². The molecule has 4 nitrogen and oxygen atoms in total. The number of aryl methyl sites for hydroxylation is 1. The highest BCUT2D eigenvalue weighted by Crippen LogP contribution is 2.13. The molecular weight excluding hydrogens is 252 g/mol. The number of aromatic carboxylic acids is 1. The molecule has 0 aliphatic heterocycles. The van der Waals surface area contributed by atoms with Crippen molar-refractivity contribution < 1.29 is 9.90 Å². The van der Waals surface area contributed by atoms with Crippen molar-refractivity contribution in [2.24, 2.45) is 7.05 Å². The molecule has 1 heterocycles. The Bertz CT molecular complexity index is 358. The third-order valence-electron chi connectivity index (χ3n) is 2.45. The van der Waals surface area contributed by atoms with E-state index >= 15 is 0 Å². The molecule has 0 amide bonds. The lowest BCUT2D eigenvalue weighted by atomic mass is 10.1. The van der Waals surface area contributed by atoms with E-state index in [0.29, 0.717) is 0 Å². The topological polar surface area (TPSA) is 55.1 Å². The Balaban J connectivity index is 0.000000411. The second kappa shape index (κ2) is 8.97. The molecule has 1 aromatic heterocycles. The van der Waals surface area contributed by atoms with Crippen LogP contribution in [-0.4, -0.2) is 26.7 Å². The average molecular weight is 275 g/mol. The summed E-state index contributed by atoms with van der Waals surface area (Å²) in [6.45, 7) is 6.13. The summed E-state index contributed by atoms with van der Waals surface area (Å²) in [6, 6.07) is 1.60. The summed E-state index contributed by atoms with van der Waals surface area (Å²) in [5, 5.41) is 12.8. The number of hydrogen-bond acceptors (Lipinski definition) is 2. The first-order valence-corrected chi connectivity index (χ1v) is 6.80. The lowest BCUT2D eigenvalue weighted by Gasteiger charge is -1.95. The zero-order valence-corrected chi connectivity index (χ0v) is 12.4. The van der Waals surface area contributed by atoms with E-state index in [2.05, 4.69) is 12.0 Å². The van der Waals surface area contributed by atoms with Crippen molar-refractivity contribution >= 4 is 17.6 Å². The van der Waals surface area contributed by atoms with Crippen molar-refractivity contribution in [1.29, 1.82) is 0 Å². The largest absolute Gasteiger partial charge is 0.477 e. The van der Waals surface area contributed by atoms with Crippen LogP contribution >= 0.6 is 11.6 Å². The third-order valence-corrected chi connectivity index (χ3v) is 2.71. The van der Waals surface area contributed by atoms with Crippen LogP contribution in [0.5, 0.6) is 0 Å². The molecular formula is C13H23ClN2O2. The van der Waals surface area contributed by atoms with Gasteiger partial charge in [-0.1, -0.05) is 33.6 Å². The number of carboxylic acid groups (broad SMARTS) is 1. The maximum atomic E-state index is 10.6. The number of carbonyl (C=O) groups is 1. The van der Waals surface area contributed by atoms with Crippen molar-refractivity contribution in [3.63, 3.8) is 0 Å². The van der Waals surface area contributed by atoms with Crippen LogP contribution in [0.25, 0.3) is 0 Å². The van der Waals surface area contributed by atoms with Gasteiger partial charge in [-0.2, -0.15) is 5.10 Å². The van der Waals surface area contributed by atoms with Gasteiger partial charge in [-0.3, -0.25) is 4.68 Å². The summed E-state index contributed by atoms with van der Waals surface area (Å²) in [4.78, 5) is 10.6. The first-order valence-electron chi connectivity index (χ1n) is 6.27. The first kappa shape index (κ1) is 17.0. The Morgan fingerprint density at radius 1 is 1.50 bits per heavy atom. The third kappa shape index (κ3) is 6.05. The van der Waals surface area contributed by atoms with Crippen LogP contribution in [0.1, 0.15) is 62.1 Å². The fourth-order valence-corrected chi connectivity index (χ4v) is 1.51. The van der Waals surface area contributed by atoms with Gasteiger partial charge in [0, 0.05) is 12.9 Å². The number of nitrogens with zero attached hydrogens (tertiary/aromatic N) is 2. The van der Waals surface area contributed by atoms with Gasteiger partial charge in [0.15, 0.2) is 0 Å². The SMILES string of the molecule is CC(C)c1cc(C(=O)O)n(C)n1.CCCCCCl. The molecule has 0 fully saturated rings. The molecule has 0 bridgehead atoms. The van der Waals surface area contributed by atoms with Crippen molar-refractivity contribution in [3.8, 4) is 0 Å². The number of unbranched alkanes of at least 4 members (excludes halogenated alkanes) is 2. The number of alkyl halides is 1. The summed E-state index contributed by atoms with van der Waals surface area (Å²) >= 11 is 5.38. The van der Waals surface area contributed by atoms with Gasteiger partial charge in [0.05, 0.1) is 5.69 Å². The molecule has 0 unspecified atom stereocenters. The fourth-order valence-electron chi connectivity index (χ4n) is 1.32. The van der Waals surface area contributed by atoms with Gasteiger partial charge in [-0.05, 0) is 18.4 Å². The Hall–Kier alpha value is -1.03. The minimum atomic E-state index is -0.933. The van der Waals surface area contributed by atoms with E-state index in [1.54, 1.807) is 13.1 Å². The number of halogens is 1. The van der Waals surface area contributed by atoms with Crippen molar-refractivity contribution in [3.05, 3.63) is 17.5 Å². The smallest absolute Gasteiger partial charge is 0.354 e. The molecule has 0 spiro atoms. The van der Waals surface area contributed by atoms with Crippen LogP contribution in [0.3, 0.4) is 0 Å². The summed E-state index contributed by atoms with van der Waals surface area (Å²) in [7, 11) is 1.63. The Labute approximate surface area is 114 Å². The lowest BCUT2D eigenvalue weighted by molar-refractivity contribution is 0.0685. The van der Waals surface area contributed by atoms with Gasteiger partial charge < -0.3 is 5.11 Å². The molecule has 0 aromatic carbocycles. The van der Waals surface area contributed by atoms with Crippen LogP contribution in [-0.2, 0) is 7.05 Å². The van der Waals surface area contributed by atoms with Crippen LogP contribution in [0.4, 0.5) is 0 Å². The highest BCUT2D eigenvalue weighted by Gasteiger charge is 2.12. The van der Waals surface area contributed by atoms with Crippen molar-refractivity contribution in [2.45, 2.75) is 46.0 Å². The molecule has 0 radical (unpaired) electrons. The molecule has 1 rings (SSSR count). The monoisotopic (exact) mass is 274 g/mol. The van der Waals surface area contributed by atoms with E-state index in [9.17, 15) is 4.79 Å². The van der Waals surface area contributed by atoms with Crippen LogP contribution in [0.2, 0.25) is 0 Å². The van der Waals surface area contributed by atoms with Gasteiger partial charge in [-0.15, -0.1) is 11.6 Å². The molecule has 1 aromatic rings. The summed E-state index contributed by atoms with van der Waals surface area (Å²) in [6.07, 6.45) is 3.73. The molecule has 0 saturated heterocycles. The zero-order valence-electron chi connectivity index (χ0n) is 11.6. The summed E-state index contributed by atoms with van der Waals surface area (Å²) in [5.41, 5.74) is 1.05. The standard InChI is InChI=1S/C8H12N2O2.C5H11Cl/c1-5(2)6-4-7(8(11)12)10(3)9-6;1-2-3-4-5-6/h4-5H,1-3H3,(H,11,12);2-5H2,1H3. The van der Waals surface area contributed by atoms with E-state index in [4.69, 9.17) is 16.7 Å². The first-order chi connectivity index (χ1) is 8.43. The highest BCUT2D eigenvalue weighted by atomic mass is 35.5. The van der Waals surface area contributed by atoms with E-state index < -0.39 is 5.97 Å². The zero-order chi connectivity index (χ0) is 14.1. The number of rotatable bonds is 5. The van der Waals surface area contributed by atoms with Gasteiger partial charge in [0.25, 0.3) is 0 Å². The molecule has 1 N–H and O–H groups in total. The van der Waals surface area contributed by atoms with Crippen LogP contribution in [0.15, 0.2) is 6.07 Å². The second-order valence-corrected chi connectivity index (χ2v) is 4.81. The Kier molecular flexibility index (Phi) is 8.46. The normalized spacial score (nSPS) is 10.1.